The van der Waals surface area contributed by atoms with Crippen molar-refractivity contribution in [2.24, 2.45) is 0 Å². The van der Waals surface area contributed by atoms with E-state index in [-0.39, 0.29) is 5.56 Å². The molecule has 0 amide bonds. The topological polar surface area (TPSA) is 57.8 Å². The number of nitrogens with one attached hydrogen (secondary N) is 2. The molecule has 1 aromatic heterocycles. The van der Waals surface area contributed by atoms with Gasteiger partial charge in [-0.1, -0.05) is 56.5 Å². The van der Waals surface area contributed by atoms with E-state index in [9.17, 15) is 4.79 Å². The molecule has 2 aromatic rings. The zero-order valence-electron chi connectivity index (χ0n) is 11.9. The molecule has 1 heterocycles. The van der Waals surface area contributed by atoms with Crippen molar-refractivity contribution in [3.05, 3.63) is 46.8 Å². The maximum absolute atomic E-state index is 11.7. The summed E-state index contributed by atoms with van der Waals surface area (Å²) in [6.07, 6.45) is 4.76. The average Bonchev–Trinajstić information content (AvgIpc) is 2.47. The monoisotopic (exact) mass is 271 g/mol. The molecule has 0 fully saturated rings. The fraction of sp³-hybridized carbons (Fsp3) is 0.375. The normalized spacial score (nSPS) is 10.4. The highest BCUT2D eigenvalue weighted by Gasteiger charge is 2.03. The Morgan fingerprint density at radius 2 is 1.95 bits per heavy atom. The Bertz CT molecular complexity index is 578. The van der Waals surface area contributed by atoms with Crippen LogP contribution in [0.4, 0.5) is 5.95 Å². The number of benzene rings is 1. The smallest absolute Gasteiger partial charge is 0.252 e. The van der Waals surface area contributed by atoms with E-state index in [1.165, 1.54) is 25.3 Å². The summed E-state index contributed by atoms with van der Waals surface area (Å²) >= 11 is 0. The van der Waals surface area contributed by atoms with E-state index in [4.69, 9.17) is 0 Å². The Hall–Kier alpha value is -2.10. The highest BCUT2D eigenvalue weighted by atomic mass is 16.1. The van der Waals surface area contributed by atoms with Crippen molar-refractivity contribution in [1.82, 2.24) is 9.97 Å². The third-order valence-corrected chi connectivity index (χ3v) is 3.13. The van der Waals surface area contributed by atoms with Crippen LogP contribution in [0.1, 0.15) is 32.6 Å². The van der Waals surface area contributed by atoms with Crippen LogP contribution in [0.25, 0.3) is 11.3 Å². The Morgan fingerprint density at radius 1 is 1.15 bits per heavy atom. The van der Waals surface area contributed by atoms with Crippen molar-refractivity contribution in [1.29, 1.82) is 0 Å². The third-order valence-electron chi connectivity index (χ3n) is 3.13. The van der Waals surface area contributed by atoms with Crippen LogP contribution in [0.2, 0.25) is 0 Å². The summed E-state index contributed by atoms with van der Waals surface area (Å²) in [6.45, 7) is 3.02. The van der Waals surface area contributed by atoms with E-state index in [1.54, 1.807) is 0 Å². The van der Waals surface area contributed by atoms with Crippen LogP contribution in [0.15, 0.2) is 41.2 Å². The van der Waals surface area contributed by atoms with E-state index >= 15 is 0 Å². The largest absolute Gasteiger partial charge is 0.356 e. The van der Waals surface area contributed by atoms with Crippen molar-refractivity contribution in [3.8, 4) is 11.3 Å². The second-order valence-corrected chi connectivity index (χ2v) is 4.83. The molecule has 2 rings (SSSR count). The number of unbranched alkanes of at least 4 members (excludes halogenated alkanes) is 3. The van der Waals surface area contributed by atoms with Gasteiger partial charge in [0.15, 0.2) is 0 Å². The molecule has 20 heavy (non-hydrogen) atoms. The van der Waals surface area contributed by atoms with Crippen LogP contribution in [0.5, 0.6) is 0 Å². The molecule has 2 N–H and O–H groups in total. The number of nitrogens with zero attached hydrogens (tertiary/aromatic N) is 1. The predicted molar refractivity (Wildman–Crippen MR) is 82.9 cm³/mol. The first kappa shape index (κ1) is 14.3. The van der Waals surface area contributed by atoms with Gasteiger partial charge in [-0.2, -0.15) is 0 Å². The van der Waals surface area contributed by atoms with Crippen LogP contribution < -0.4 is 10.9 Å². The molecule has 0 saturated carbocycles. The Balaban J connectivity index is 2.04. The third kappa shape index (κ3) is 4.23. The second kappa shape index (κ2) is 7.48. The number of hydrogen-bond acceptors (Lipinski definition) is 3. The lowest BCUT2D eigenvalue weighted by atomic mass is 10.1. The molecule has 0 aliphatic rings. The highest BCUT2D eigenvalue weighted by molar-refractivity contribution is 5.59. The number of anilines is 1. The molecule has 0 aliphatic heterocycles. The molecule has 0 spiro atoms. The molecular formula is C16H21N3O. The zero-order valence-corrected chi connectivity index (χ0v) is 11.9. The molecule has 106 valence electrons. The van der Waals surface area contributed by atoms with Crippen LogP contribution in [0.3, 0.4) is 0 Å². The molecule has 1 aromatic carbocycles. The van der Waals surface area contributed by atoms with Gasteiger partial charge in [0, 0.05) is 18.2 Å². The van der Waals surface area contributed by atoms with E-state index in [1.807, 2.05) is 30.3 Å². The highest BCUT2D eigenvalue weighted by Crippen LogP contribution is 2.15. The lowest BCUT2D eigenvalue weighted by molar-refractivity contribution is 0.683. The molecular weight excluding hydrogens is 250 g/mol. The Kier molecular flexibility index (Phi) is 5.35. The molecule has 4 heteroatoms. The average molecular weight is 271 g/mol. The van der Waals surface area contributed by atoms with Gasteiger partial charge >= 0.3 is 0 Å². The minimum absolute atomic E-state index is 0.130. The van der Waals surface area contributed by atoms with Crippen molar-refractivity contribution in [3.63, 3.8) is 0 Å². The van der Waals surface area contributed by atoms with Gasteiger partial charge in [0.05, 0.1) is 5.69 Å². The van der Waals surface area contributed by atoms with Gasteiger partial charge in [0.25, 0.3) is 5.56 Å². The molecule has 0 unspecified atom stereocenters. The Morgan fingerprint density at radius 3 is 2.70 bits per heavy atom. The van der Waals surface area contributed by atoms with Gasteiger partial charge in [-0.15, -0.1) is 0 Å². The predicted octanol–water partition coefficient (Wildman–Crippen LogP) is 3.43. The number of hydrogen-bond donors (Lipinski definition) is 2. The summed E-state index contributed by atoms with van der Waals surface area (Å²) in [5.41, 5.74) is 1.52. The first-order valence-corrected chi connectivity index (χ1v) is 7.20. The maximum atomic E-state index is 11.7. The minimum atomic E-state index is -0.130. The van der Waals surface area contributed by atoms with Crippen LogP contribution in [0, 0.1) is 0 Å². The van der Waals surface area contributed by atoms with E-state index in [2.05, 4.69) is 22.2 Å². The summed E-state index contributed by atoms with van der Waals surface area (Å²) in [6, 6.07) is 11.3. The SMILES string of the molecule is CCCCCCNc1nc(-c2ccccc2)cc(=O)[nH]1. The zero-order chi connectivity index (χ0) is 14.2. The number of H-pyrrole nitrogens is 1. The van der Waals surface area contributed by atoms with Gasteiger partial charge in [0.2, 0.25) is 5.95 Å². The summed E-state index contributed by atoms with van der Waals surface area (Å²) in [4.78, 5) is 18.9. The molecule has 0 radical (unpaired) electrons. The van der Waals surface area contributed by atoms with Crippen LogP contribution >= 0.6 is 0 Å². The summed E-state index contributed by atoms with van der Waals surface area (Å²) in [7, 11) is 0. The van der Waals surface area contributed by atoms with Gasteiger partial charge in [0.1, 0.15) is 0 Å². The minimum Gasteiger partial charge on any atom is -0.356 e. The van der Waals surface area contributed by atoms with Crippen LogP contribution in [-0.4, -0.2) is 16.5 Å². The fourth-order valence-corrected chi connectivity index (χ4v) is 2.06. The second-order valence-electron chi connectivity index (χ2n) is 4.83. The van der Waals surface area contributed by atoms with E-state index in [0.29, 0.717) is 11.6 Å². The maximum Gasteiger partial charge on any atom is 0.252 e. The van der Waals surface area contributed by atoms with Gasteiger partial charge in [-0.3, -0.25) is 9.78 Å². The van der Waals surface area contributed by atoms with E-state index in [0.717, 1.165) is 18.5 Å². The fourth-order valence-electron chi connectivity index (χ4n) is 2.06. The molecule has 0 atom stereocenters. The summed E-state index contributed by atoms with van der Waals surface area (Å²) in [5.74, 6) is 0.549. The Labute approximate surface area is 119 Å². The standard InChI is InChI=1S/C16H21N3O/c1-2-3-4-8-11-17-16-18-14(12-15(20)19-16)13-9-6-5-7-10-13/h5-7,9-10,12H,2-4,8,11H2,1H3,(H2,17,18,19,20). The lowest BCUT2D eigenvalue weighted by Gasteiger charge is -2.07. The van der Waals surface area contributed by atoms with Crippen molar-refractivity contribution in [2.75, 3.05) is 11.9 Å². The first-order valence-electron chi connectivity index (χ1n) is 7.20. The molecule has 0 bridgehead atoms. The quantitative estimate of drug-likeness (QED) is 0.758. The molecule has 0 saturated heterocycles. The molecule has 4 nitrogen and oxygen atoms in total. The number of aromatic amines is 1. The van der Waals surface area contributed by atoms with Crippen molar-refractivity contribution >= 4 is 5.95 Å². The van der Waals surface area contributed by atoms with Crippen LogP contribution in [-0.2, 0) is 0 Å². The van der Waals surface area contributed by atoms with Crippen molar-refractivity contribution in [2.45, 2.75) is 32.6 Å². The van der Waals surface area contributed by atoms with Gasteiger partial charge in [-0.25, -0.2) is 4.98 Å². The molecule has 0 aliphatic carbocycles. The van der Waals surface area contributed by atoms with Crippen molar-refractivity contribution < 1.29 is 0 Å². The lowest BCUT2D eigenvalue weighted by Crippen LogP contribution is -2.13. The van der Waals surface area contributed by atoms with Gasteiger partial charge < -0.3 is 5.32 Å². The summed E-state index contributed by atoms with van der Waals surface area (Å²) in [5, 5.41) is 3.19. The first-order chi connectivity index (χ1) is 9.79. The number of aromatic nitrogens is 2. The van der Waals surface area contributed by atoms with E-state index < -0.39 is 0 Å². The number of rotatable bonds is 7. The van der Waals surface area contributed by atoms with Gasteiger partial charge in [-0.05, 0) is 6.42 Å². The summed E-state index contributed by atoms with van der Waals surface area (Å²) < 4.78 is 0.